The van der Waals surface area contributed by atoms with E-state index in [0.29, 0.717) is 53.9 Å². The number of pyridine rings is 1. The van der Waals surface area contributed by atoms with Gasteiger partial charge in [-0.3, -0.25) is 9.80 Å². The third-order valence-electron chi connectivity index (χ3n) is 7.35. The maximum Gasteiger partial charge on any atom is 0.446 e. The Labute approximate surface area is 245 Å². The Hall–Kier alpha value is -2.72. The summed E-state index contributed by atoms with van der Waals surface area (Å²) in [4.78, 5) is 21.3. The fraction of sp³-hybridized carbons (Fsp3) is 0.310. The van der Waals surface area contributed by atoms with Crippen LogP contribution in [-0.2, 0) is 12.0 Å². The van der Waals surface area contributed by atoms with Crippen LogP contribution in [0.5, 0.6) is 0 Å². The van der Waals surface area contributed by atoms with Crippen molar-refractivity contribution in [2.24, 2.45) is 0 Å². The summed E-state index contributed by atoms with van der Waals surface area (Å²) >= 11 is 11.8. The summed E-state index contributed by atoms with van der Waals surface area (Å²) in [5.41, 5.74) is -2.00. The van der Waals surface area contributed by atoms with E-state index in [1.165, 1.54) is 6.07 Å². The molecule has 0 radical (unpaired) electrons. The minimum Gasteiger partial charge on any atom is -0.334 e. The number of carbonyl (C=O) groups excluding carboxylic acids is 1. The van der Waals surface area contributed by atoms with Crippen LogP contribution in [0, 0.1) is 0 Å². The van der Waals surface area contributed by atoms with Gasteiger partial charge in [-0.2, -0.15) is 13.2 Å². The van der Waals surface area contributed by atoms with E-state index in [1.807, 2.05) is 30.3 Å². The monoisotopic (exact) mass is 606 g/mol. The molecule has 5 rings (SSSR count). The highest BCUT2D eigenvalue weighted by molar-refractivity contribution is 8.00. The van der Waals surface area contributed by atoms with E-state index in [-0.39, 0.29) is 29.2 Å². The van der Waals surface area contributed by atoms with Crippen molar-refractivity contribution >= 4 is 52.8 Å². The van der Waals surface area contributed by atoms with Gasteiger partial charge in [-0.15, -0.1) is 0 Å². The summed E-state index contributed by atoms with van der Waals surface area (Å²) in [6.45, 7) is 2.70. The number of hydrogen-bond donors (Lipinski definition) is 1. The first-order chi connectivity index (χ1) is 19.1. The van der Waals surface area contributed by atoms with Crippen molar-refractivity contribution in [2.75, 3.05) is 31.1 Å². The van der Waals surface area contributed by atoms with Gasteiger partial charge in [0.1, 0.15) is 5.15 Å². The molecule has 11 heteroatoms. The van der Waals surface area contributed by atoms with Gasteiger partial charge >= 0.3 is 11.5 Å². The third kappa shape index (κ3) is 6.77. The summed E-state index contributed by atoms with van der Waals surface area (Å²) in [6.07, 6.45) is 6.97. The number of benzene rings is 2. The quantitative estimate of drug-likeness (QED) is 0.230. The Morgan fingerprint density at radius 1 is 1.10 bits per heavy atom. The summed E-state index contributed by atoms with van der Waals surface area (Å²) in [5, 5.41) is 3.90. The Morgan fingerprint density at radius 3 is 2.55 bits per heavy atom. The smallest absolute Gasteiger partial charge is 0.334 e. The highest BCUT2D eigenvalue weighted by atomic mass is 35.5. The average molecular weight is 608 g/mol. The van der Waals surface area contributed by atoms with E-state index in [4.69, 9.17) is 23.2 Å². The highest BCUT2D eigenvalue weighted by Crippen LogP contribution is 2.53. The highest BCUT2D eigenvalue weighted by Gasteiger charge is 2.49. The van der Waals surface area contributed by atoms with Gasteiger partial charge in [0.15, 0.2) is 0 Å². The lowest BCUT2D eigenvalue weighted by Crippen LogP contribution is -2.47. The SMILES string of the molecule is O=C(NCc1ccnc(Cl)c1)N1CC2(CCN(C/C=C/c3ccc(Cl)cc3)CC2)c2c(SC(F)(F)F)cccc21. The first kappa shape index (κ1) is 28.8. The zero-order valence-corrected chi connectivity index (χ0v) is 23.8. The molecule has 0 atom stereocenters. The molecule has 2 aliphatic rings. The fourth-order valence-electron chi connectivity index (χ4n) is 5.44. The van der Waals surface area contributed by atoms with Crippen LogP contribution in [-0.4, -0.2) is 47.6 Å². The van der Waals surface area contributed by atoms with E-state index in [9.17, 15) is 18.0 Å². The molecular formula is C29H27Cl2F3N4OS. The van der Waals surface area contributed by atoms with Gasteiger partial charge in [0.2, 0.25) is 0 Å². The van der Waals surface area contributed by atoms with E-state index >= 15 is 0 Å². The number of fused-ring (bicyclic) bond motifs is 2. The predicted octanol–water partition coefficient (Wildman–Crippen LogP) is 7.78. The van der Waals surface area contributed by atoms with Crippen LogP contribution in [0.2, 0.25) is 10.2 Å². The molecule has 1 aromatic heterocycles. The second-order valence-corrected chi connectivity index (χ2v) is 11.9. The van der Waals surface area contributed by atoms with E-state index in [1.54, 1.807) is 35.4 Å². The number of alkyl halides is 3. The lowest BCUT2D eigenvalue weighted by molar-refractivity contribution is -0.0328. The molecule has 2 aromatic carbocycles. The lowest BCUT2D eigenvalue weighted by Gasteiger charge is -2.40. The summed E-state index contributed by atoms with van der Waals surface area (Å²) < 4.78 is 40.7. The van der Waals surface area contributed by atoms with Gasteiger partial charge < -0.3 is 5.32 Å². The number of hydrogen-bond acceptors (Lipinski definition) is 4. The maximum atomic E-state index is 13.6. The molecule has 0 bridgehead atoms. The molecule has 2 aliphatic heterocycles. The van der Waals surface area contributed by atoms with Crippen molar-refractivity contribution in [3.8, 4) is 0 Å². The summed E-state index contributed by atoms with van der Waals surface area (Å²) in [7, 11) is 0. The second kappa shape index (κ2) is 12.0. The molecule has 5 nitrogen and oxygen atoms in total. The number of nitrogens with zero attached hydrogens (tertiary/aromatic N) is 3. The first-order valence-corrected chi connectivity index (χ1v) is 14.4. The molecule has 0 aliphatic carbocycles. The molecule has 1 spiro atoms. The van der Waals surface area contributed by atoms with Crippen molar-refractivity contribution in [1.29, 1.82) is 0 Å². The minimum atomic E-state index is -4.43. The molecule has 1 saturated heterocycles. The van der Waals surface area contributed by atoms with Gasteiger partial charge in [-0.25, -0.2) is 9.78 Å². The van der Waals surface area contributed by atoms with E-state index < -0.39 is 10.9 Å². The van der Waals surface area contributed by atoms with Crippen molar-refractivity contribution in [3.63, 3.8) is 0 Å². The number of amides is 2. The van der Waals surface area contributed by atoms with Crippen LogP contribution in [0.3, 0.4) is 0 Å². The largest absolute Gasteiger partial charge is 0.446 e. The zero-order chi connectivity index (χ0) is 28.3. The fourth-order valence-corrected chi connectivity index (χ4v) is 6.59. The van der Waals surface area contributed by atoms with Crippen LogP contribution in [0.1, 0.15) is 29.5 Å². The molecule has 1 N–H and O–H groups in total. The van der Waals surface area contributed by atoms with Crippen LogP contribution >= 0.6 is 35.0 Å². The normalized spacial score (nSPS) is 17.0. The number of likely N-dealkylation sites (tertiary alicyclic amines) is 1. The van der Waals surface area contributed by atoms with Gasteiger partial charge in [0.05, 0.1) is 5.69 Å². The van der Waals surface area contributed by atoms with E-state index in [0.717, 1.165) is 17.7 Å². The third-order valence-corrected chi connectivity index (χ3v) is 8.60. The number of nitrogens with one attached hydrogen (secondary N) is 1. The average Bonchev–Trinajstić information content (AvgIpc) is 3.24. The number of piperidine rings is 1. The molecule has 40 heavy (non-hydrogen) atoms. The lowest BCUT2D eigenvalue weighted by atomic mass is 9.74. The van der Waals surface area contributed by atoms with Gasteiger partial charge in [-0.05, 0) is 90.8 Å². The summed E-state index contributed by atoms with van der Waals surface area (Å²) in [6, 6.07) is 15.5. The van der Waals surface area contributed by atoms with Gasteiger partial charge in [-0.1, -0.05) is 53.6 Å². The van der Waals surface area contributed by atoms with Crippen molar-refractivity contribution in [3.05, 3.63) is 93.7 Å². The number of thioether (sulfide) groups is 1. The molecule has 210 valence electrons. The summed E-state index contributed by atoms with van der Waals surface area (Å²) in [5.74, 6) is 0. The molecule has 3 heterocycles. The van der Waals surface area contributed by atoms with Crippen molar-refractivity contribution in [2.45, 2.75) is 35.2 Å². The number of rotatable bonds is 6. The topological polar surface area (TPSA) is 48.5 Å². The van der Waals surface area contributed by atoms with Crippen molar-refractivity contribution < 1.29 is 18.0 Å². The van der Waals surface area contributed by atoms with E-state index in [2.05, 4.69) is 21.3 Å². The Kier molecular flexibility index (Phi) is 8.66. The Bertz CT molecular complexity index is 1390. The minimum absolute atomic E-state index is 0.102. The predicted molar refractivity (Wildman–Crippen MR) is 155 cm³/mol. The number of carbonyl (C=O) groups is 1. The van der Waals surface area contributed by atoms with Crippen molar-refractivity contribution in [1.82, 2.24) is 15.2 Å². The Balaban J connectivity index is 1.33. The standard InChI is InChI=1S/C29H27Cl2F3N4OS/c30-22-8-6-20(7-9-22)3-2-14-37-15-11-28(12-16-37)19-38(27(39)36-18-21-10-13-35-25(31)17-21)23-4-1-5-24(26(23)28)40-29(32,33)34/h1-10,13,17H,11-12,14-16,18-19H2,(H,36,39)/b3-2+. The Morgan fingerprint density at radius 2 is 1.85 bits per heavy atom. The maximum absolute atomic E-state index is 13.6. The van der Waals surface area contributed by atoms with Crippen LogP contribution in [0.15, 0.2) is 71.8 Å². The van der Waals surface area contributed by atoms with Crippen LogP contribution < -0.4 is 10.2 Å². The molecular weight excluding hydrogens is 580 g/mol. The molecule has 3 aromatic rings. The van der Waals surface area contributed by atoms with Gasteiger partial charge in [0.25, 0.3) is 0 Å². The molecule has 0 saturated carbocycles. The molecule has 0 unspecified atom stereocenters. The number of anilines is 1. The number of urea groups is 1. The number of aromatic nitrogens is 1. The first-order valence-electron chi connectivity index (χ1n) is 12.8. The van der Waals surface area contributed by atoms with Gasteiger partial charge in [0, 0.05) is 41.2 Å². The molecule has 2 amide bonds. The molecule has 1 fully saturated rings. The second-order valence-electron chi connectivity index (χ2n) is 9.96. The zero-order valence-electron chi connectivity index (χ0n) is 21.4. The van der Waals surface area contributed by atoms with Crippen LogP contribution in [0.4, 0.5) is 23.7 Å². The van der Waals surface area contributed by atoms with Crippen LogP contribution in [0.25, 0.3) is 6.08 Å². The number of halogens is 5.